The normalized spacial score (nSPS) is 18.1. The van der Waals surface area contributed by atoms with E-state index >= 15 is 0 Å². The van der Waals surface area contributed by atoms with Crippen LogP contribution in [0.1, 0.15) is 48.8 Å². The van der Waals surface area contributed by atoms with E-state index in [9.17, 15) is 24.9 Å². The molecular weight excluding hydrogens is 651 g/mol. The number of aliphatic hydroxyl groups is 3. The topological polar surface area (TPSA) is 129 Å². The van der Waals surface area contributed by atoms with Crippen molar-refractivity contribution in [2.24, 2.45) is 0 Å². The van der Waals surface area contributed by atoms with Crippen LogP contribution >= 0.6 is 22.6 Å². The number of carbonyl (C=O) groups is 2. The molecule has 0 fully saturated rings. The maximum Gasteiger partial charge on any atom is 0.247 e. The zero-order valence-electron chi connectivity index (χ0n) is 24.2. The number of carbonyl (C=O) groups excluding carboxylic acids is 2. The molecule has 0 saturated carbocycles. The van der Waals surface area contributed by atoms with Crippen LogP contribution in [-0.4, -0.2) is 70.5 Å². The Morgan fingerprint density at radius 3 is 2.55 bits per heavy atom. The largest absolute Gasteiger partial charge is 0.493 e. The summed E-state index contributed by atoms with van der Waals surface area (Å²) in [6.45, 7) is 5.66. The Kier molecular flexibility index (Phi) is 13.3. The molecule has 2 aromatic carbocycles. The van der Waals surface area contributed by atoms with Crippen LogP contribution in [0.5, 0.6) is 11.5 Å². The highest BCUT2D eigenvalue weighted by molar-refractivity contribution is 14.1. The Bertz CT molecular complexity index is 1250. The minimum Gasteiger partial charge on any atom is -0.493 e. The van der Waals surface area contributed by atoms with E-state index in [4.69, 9.17) is 9.47 Å². The summed E-state index contributed by atoms with van der Waals surface area (Å²) in [5.41, 5.74) is 2.98. The van der Waals surface area contributed by atoms with Crippen LogP contribution in [0.3, 0.4) is 0 Å². The number of methoxy groups -OCH3 is 1. The number of nitrogens with one attached hydrogen (secondary N) is 1. The molecule has 2 aromatic rings. The van der Waals surface area contributed by atoms with Crippen LogP contribution in [0.25, 0.3) is 0 Å². The molecule has 42 heavy (non-hydrogen) atoms. The van der Waals surface area contributed by atoms with Crippen LogP contribution in [0.2, 0.25) is 0 Å². The van der Waals surface area contributed by atoms with Gasteiger partial charge in [-0.05, 0) is 78.1 Å². The van der Waals surface area contributed by atoms with Crippen LogP contribution in [0.15, 0.2) is 60.7 Å². The second kappa shape index (κ2) is 16.6. The first kappa shape index (κ1) is 33.6. The van der Waals surface area contributed by atoms with Crippen molar-refractivity contribution in [2.45, 2.75) is 70.4 Å². The number of allylic oxidation sites excluding steroid dienone is 1. The quantitative estimate of drug-likeness (QED) is 0.127. The molecular formula is C32H41IN2O7. The number of aryl methyl sites for hydroxylation is 1. The number of rotatable bonds is 15. The van der Waals surface area contributed by atoms with E-state index in [2.05, 4.69) is 34.5 Å². The molecule has 3 unspecified atom stereocenters. The molecule has 2 amide bonds. The van der Waals surface area contributed by atoms with Gasteiger partial charge in [-0.1, -0.05) is 35.9 Å². The lowest BCUT2D eigenvalue weighted by atomic mass is 9.87. The van der Waals surface area contributed by atoms with Gasteiger partial charge in [-0.2, -0.15) is 0 Å². The number of benzene rings is 2. The first-order chi connectivity index (χ1) is 20.2. The van der Waals surface area contributed by atoms with Gasteiger partial charge in [0.25, 0.3) is 0 Å². The molecule has 0 radical (unpaired) electrons. The lowest BCUT2D eigenvalue weighted by Crippen LogP contribution is -2.54. The summed E-state index contributed by atoms with van der Waals surface area (Å²) >= 11 is 2.07. The van der Waals surface area contributed by atoms with Gasteiger partial charge in [0.05, 0.1) is 29.9 Å². The molecule has 10 heteroatoms. The fourth-order valence-electron chi connectivity index (χ4n) is 4.88. The second-order valence-electron chi connectivity index (χ2n) is 10.3. The van der Waals surface area contributed by atoms with Gasteiger partial charge < -0.3 is 35.0 Å². The van der Waals surface area contributed by atoms with Gasteiger partial charge in [0.2, 0.25) is 11.8 Å². The molecule has 1 aliphatic carbocycles. The number of aliphatic hydroxyl groups excluding tert-OH is 3. The number of unbranched alkanes of at least 4 members (excludes halogenated alkanes) is 2. The van der Waals surface area contributed by atoms with Crippen molar-refractivity contribution in [1.29, 1.82) is 0 Å². The Labute approximate surface area is 261 Å². The molecule has 228 valence electrons. The zero-order chi connectivity index (χ0) is 30.6. The Morgan fingerprint density at radius 1 is 1.17 bits per heavy atom. The van der Waals surface area contributed by atoms with Crippen molar-refractivity contribution < 1.29 is 34.4 Å². The second-order valence-corrected chi connectivity index (χ2v) is 11.5. The smallest absolute Gasteiger partial charge is 0.247 e. The predicted molar refractivity (Wildman–Crippen MR) is 169 cm³/mol. The summed E-state index contributed by atoms with van der Waals surface area (Å²) in [4.78, 5) is 28.5. The summed E-state index contributed by atoms with van der Waals surface area (Å²) in [5, 5.41) is 33.3. The van der Waals surface area contributed by atoms with Gasteiger partial charge in [0, 0.05) is 31.5 Å². The minimum absolute atomic E-state index is 0.0680. The van der Waals surface area contributed by atoms with Crippen molar-refractivity contribution in [3.8, 4) is 11.5 Å². The zero-order valence-corrected chi connectivity index (χ0v) is 26.4. The summed E-state index contributed by atoms with van der Waals surface area (Å²) in [6, 6.07) is 10.5. The van der Waals surface area contributed by atoms with Gasteiger partial charge in [0.15, 0.2) is 11.5 Å². The van der Waals surface area contributed by atoms with Gasteiger partial charge >= 0.3 is 0 Å². The summed E-state index contributed by atoms with van der Waals surface area (Å²) in [6.07, 6.45) is 3.94. The molecule has 0 spiro atoms. The van der Waals surface area contributed by atoms with Gasteiger partial charge in [-0.3, -0.25) is 9.59 Å². The highest BCUT2D eigenvalue weighted by Crippen LogP contribution is 2.37. The summed E-state index contributed by atoms with van der Waals surface area (Å²) in [7, 11) is 1.48. The summed E-state index contributed by atoms with van der Waals surface area (Å²) < 4.78 is 12.5. The van der Waals surface area contributed by atoms with Crippen molar-refractivity contribution in [2.75, 3.05) is 20.3 Å². The van der Waals surface area contributed by atoms with Gasteiger partial charge in [0.1, 0.15) is 12.2 Å². The molecule has 0 heterocycles. The van der Waals surface area contributed by atoms with E-state index in [0.29, 0.717) is 39.0 Å². The van der Waals surface area contributed by atoms with E-state index in [-0.39, 0.29) is 38.6 Å². The van der Waals surface area contributed by atoms with Gasteiger partial charge in [-0.25, -0.2) is 0 Å². The van der Waals surface area contributed by atoms with E-state index in [0.717, 1.165) is 24.0 Å². The number of hydrogen-bond acceptors (Lipinski definition) is 7. The minimum atomic E-state index is -1.17. The standard InChI is InChI=1S/C32H41IN2O7/c1-4-5-6-7-8-29(38)35(19-22-11-9-21(2)10-12-22)26-17-24(32(40)34-13-14-36)18-27(30(26)39)42-31-25(33)15-23(20-37)16-28(31)41-3/h4,9-12,15-16,18,26-27,30,36-37,39H,1,5-8,13-14,17,19-20H2,2-3H3,(H,34,40). The average molecular weight is 693 g/mol. The Morgan fingerprint density at radius 2 is 1.90 bits per heavy atom. The monoisotopic (exact) mass is 692 g/mol. The SMILES string of the molecule is C=CCCCCC(=O)N(Cc1ccc(C)cc1)C1CC(C(=O)NCCO)=CC(Oc2c(I)cc(CO)cc2OC)C1O. The van der Waals surface area contributed by atoms with Crippen molar-refractivity contribution >= 4 is 34.4 Å². The molecule has 4 N–H and O–H groups in total. The molecule has 1 aliphatic rings. The van der Waals surface area contributed by atoms with Crippen LogP contribution in [0, 0.1) is 10.5 Å². The average Bonchev–Trinajstić information content (AvgIpc) is 2.99. The molecule has 0 saturated heterocycles. The molecule has 0 aromatic heterocycles. The van der Waals surface area contributed by atoms with Crippen molar-refractivity contribution in [1.82, 2.24) is 10.2 Å². The molecule has 0 aliphatic heterocycles. The molecule has 3 rings (SSSR count). The third-order valence-electron chi connectivity index (χ3n) is 7.18. The maximum atomic E-state index is 13.7. The van der Waals surface area contributed by atoms with Gasteiger partial charge in [-0.15, -0.1) is 6.58 Å². The summed E-state index contributed by atoms with van der Waals surface area (Å²) in [5.74, 6) is 0.196. The van der Waals surface area contributed by atoms with Crippen LogP contribution in [0.4, 0.5) is 0 Å². The van der Waals surface area contributed by atoms with E-state index in [1.807, 2.05) is 37.3 Å². The fourth-order valence-corrected chi connectivity index (χ4v) is 5.68. The van der Waals surface area contributed by atoms with Crippen LogP contribution < -0.4 is 14.8 Å². The molecule has 0 bridgehead atoms. The Balaban J connectivity index is 2.01. The first-order valence-corrected chi connectivity index (χ1v) is 15.2. The number of ether oxygens (including phenoxy) is 2. The number of amides is 2. The molecule has 3 atom stereocenters. The van der Waals surface area contributed by atoms with E-state index in [1.54, 1.807) is 23.1 Å². The maximum absolute atomic E-state index is 13.7. The first-order valence-electron chi connectivity index (χ1n) is 14.1. The van der Waals surface area contributed by atoms with E-state index < -0.39 is 24.2 Å². The highest BCUT2D eigenvalue weighted by Gasteiger charge is 2.41. The third kappa shape index (κ3) is 9.03. The Hall–Kier alpha value is -2.93. The lowest BCUT2D eigenvalue weighted by molar-refractivity contribution is -0.139. The molecule has 9 nitrogen and oxygen atoms in total. The highest BCUT2D eigenvalue weighted by atomic mass is 127. The number of halogens is 1. The third-order valence-corrected chi connectivity index (χ3v) is 7.98. The van der Waals surface area contributed by atoms with Crippen LogP contribution in [-0.2, 0) is 22.7 Å². The van der Waals surface area contributed by atoms with Crippen molar-refractivity contribution in [3.05, 3.63) is 81.0 Å². The predicted octanol–water partition coefficient (Wildman–Crippen LogP) is 3.79. The van der Waals surface area contributed by atoms with Crippen molar-refractivity contribution in [3.63, 3.8) is 0 Å². The van der Waals surface area contributed by atoms with E-state index in [1.165, 1.54) is 7.11 Å². The fraction of sp³-hybridized carbons (Fsp3) is 0.438. The lowest BCUT2D eigenvalue weighted by Gasteiger charge is -2.41. The number of nitrogens with zero attached hydrogens (tertiary/aromatic N) is 1. The number of hydrogen-bond donors (Lipinski definition) is 4.